The zero-order valence-corrected chi connectivity index (χ0v) is 35.1. The van der Waals surface area contributed by atoms with Gasteiger partial charge in [-0.25, -0.2) is 0 Å². The second-order valence-electron chi connectivity index (χ2n) is 15.2. The van der Waals surface area contributed by atoms with Crippen molar-refractivity contribution in [3.05, 3.63) is 185 Å². The molecule has 0 aliphatic heterocycles. The van der Waals surface area contributed by atoms with E-state index in [9.17, 15) is 0 Å². The molecule has 7 aromatic carbocycles. The Morgan fingerprint density at radius 2 is 1.04 bits per heavy atom. The van der Waals surface area contributed by atoms with Gasteiger partial charge in [-0.3, -0.25) is 0 Å². The molecule has 2 aliphatic rings. The molecule has 0 saturated carbocycles. The third-order valence-electron chi connectivity index (χ3n) is 12.2. The molecule has 0 radical (unpaired) electrons. The molecular formula is C48H41Cl2SiZr. The average molecular weight is 808 g/mol. The number of fused-ring (bicyclic) bond motifs is 4. The molecule has 9 rings (SSSR count). The molecule has 0 spiro atoms. The first-order valence-electron chi connectivity index (χ1n) is 18.4. The Balaban J connectivity index is 1.31. The molecule has 2 aliphatic carbocycles. The van der Waals surface area contributed by atoms with Crippen molar-refractivity contribution in [3.8, 4) is 22.3 Å². The van der Waals surface area contributed by atoms with Crippen molar-refractivity contribution in [2.45, 2.75) is 34.2 Å². The second-order valence-corrected chi connectivity index (χ2v) is 57.7. The first kappa shape index (κ1) is 34.0. The molecule has 0 fully saturated rings. The van der Waals surface area contributed by atoms with Crippen molar-refractivity contribution in [1.29, 1.82) is 0 Å². The van der Waals surface area contributed by atoms with Crippen LogP contribution in [0.15, 0.2) is 151 Å². The van der Waals surface area contributed by atoms with Gasteiger partial charge in [-0.1, -0.05) is 0 Å². The Labute approximate surface area is 316 Å². The van der Waals surface area contributed by atoms with E-state index in [1.807, 2.05) is 0 Å². The van der Waals surface area contributed by atoms with E-state index in [0.29, 0.717) is 0 Å². The van der Waals surface area contributed by atoms with E-state index in [-0.39, 0.29) is 7.25 Å². The van der Waals surface area contributed by atoms with Crippen LogP contribution in [0.25, 0.3) is 61.5 Å². The number of halogens is 2. The molecule has 0 bridgehead atoms. The number of hydrogen-bond donors (Lipinski definition) is 0. The standard InChI is InChI=1S/C25H17.C21H17.C2H7Si.2ClH.Zr/c1-2-8-18(9-3-1)21-16-20-12-7-15-24(25(20)17-21)23-14-6-11-19-10-4-5-13-22(19)23;1-14-12-20-15(2)10-11-19(21(20)13-14)18-9-5-7-16-6-3-4-8-17(16)18;1-3-2;;;/h1-17H;3-13H,1-2H3;3H,1-2H3;2*1H;/q;;;;;+2/p-2. The van der Waals surface area contributed by atoms with E-state index < -0.39 is 21.5 Å². The van der Waals surface area contributed by atoms with Crippen LogP contribution in [0.2, 0.25) is 13.1 Å². The maximum absolute atomic E-state index is 8.85. The first-order chi connectivity index (χ1) is 25.2. The molecule has 7 aromatic rings. The SMILES string of the molecule is CC1=Cc2c(-c3cccc4ccccc34)ccc(C)c2[CH]1[Zr]([Cl])([Cl])([CH]1C(c2ccccc2)=Cc2c(-c3cccc4ccccc34)cccc21)[SiH](C)C. The zero-order valence-electron chi connectivity index (χ0n) is 30.0. The number of allylic oxidation sites excluding steroid dienone is 2. The van der Waals surface area contributed by atoms with Crippen LogP contribution in [0.4, 0.5) is 0 Å². The van der Waals surface area contributed by atoms with Gasteiger partial charge in [0.15, 0.2) is 0 Å². The summed E-state index contributed by atoms with van der Waals surface area (Å²) in [5.41, 5.74) is 15.3. The number of aryl methyl sites for hydroxylation is 1. The molecule has 255 valence electrons. The van der Waals surface area contributed by atoms with Gasteiger partial charge in [-0.2, -0.15) is 0 Å². The van der Waals surface area contributed by atoms with Crippen LogP contribution in [0.5, 0.6) is 0 Å². The van der Waals surface area contributed by atoms with Crippen molar-refractivity contribution < 1.29 is 15.6 Å². The predicted octanol–water partition coefficient (Wildman–Crippen LogP) is 14.4. The average Bonchev–Trinajstić information content (AvgIpc) is 3.75. The number of benzene rings is 7. The Hall–Kier alpha value is -3.78. The quantitative estimate of drug-likeness (QED) is 0.147. The van der Waals surface area contributed by atoms with E-state index >= 15 is 0 Å². The zero-order chi connectivity index (χ0) is 35.8. The molecule has 0 aromatic heterocycles. The number of hydrogen-bond acceptors (Lipinski definition) is 0. The summed E-state index contributed by atoms with van der Waals surface area (Å²) in [6, 6.07) is 53.1. The normalized spacial score (nSPS) is 17.5. The van der Waals surface area contributed by atoms with Gasteiger partial charge < -0.3 is 0 Å². The van der Waals surface area contributed by atoms with Crippen molar-refractivity contribution >= 4 is 62.2 Å². The molecule has 0 nitrogen and oxygen atoms in total. The van der Waals surface area contributed by atoms with E-state index in [2.05, 4.69) is 185 Å². The Bertz CT molecular complexity index is 2620. The van der Waals surface area contributed by atoms with Crippen molar-refractivity contribution in [2.75, 3.05) is 0 Å². The molecular weight excluding hydrogens is 767 g/mol. The molecule has 52 heavy (non-hydrogen) atoms. The van der Waals surface area contributed by atoms with Crippen LogP contribution >= 0.6 is 17.0 Å². The minimum absolute atomic E-state index is 0.00522. The fourth-order valence-corrected chi connectivity index (χ4v) is 41.2. The van der Waals surface area contributed by atoms with Gasteiger partial charge in [0.1, 0.15) is 0 Å². The Kier molecular flexibility index (Phi) is 8.29. The van der Waals surface area contributed by atoms with Gasteiger partial charge in [0.25, 0.3) is 0 Å². The van der Waals surface area contributed by atoms with Gasteiger partial charge in [0.2, 0.25) is 0 Å². The van der Waals surface area contributed by atoms with Gasteiger partial charge in [-0.15, -0.1) is 0 Å². The van der Waals surface area contributed by atoms with E-state index in [0.717, 1.165) is 0 Å². The molecule has 4 heteroatoms. The van der Waals surface area contributed by atoms with Crippen LogP contribution in [-0.4, -0.2) is 5.92 Å². The number of rotatable bonds is 6. The monoisotopic (exact) mass is 805 g/mol. The summed E-state index contributed by atoms with van der Waals surface area (Å²) in [4.78, 5) is 0. The van der Waals surface area contributed by atoms with E-state index in [4.69, 9.17) is 17.0 Å². The van der Waals surface area contributed by atoms with Crippen LogP contribution in [-0.2, 0) is 15.6 Å². The van der Waals surface area contributed by atoms with E-state index in [1.54, 1.807) is 0 Å². The summed E-state index contributed by atoms with van der Waals surface area (Å²) in [5, 5.41) is 5.02. The third kappa shape index (κ3) is 5.02. The summed E-state index contributed by atoms with van der Waals surface area (Å²) in [6.07, 6.45) is 4.89. The Morgan fingerprint density at radius 1 is 0.500 bits per heavy atom. The summed E-state index contributed by atoms with van der Waals surface area (Å²) < 4.78 is -0.0469. The topological polar surface area (TPSA) is 0 Å². The molecule has 0 amide bonds. The molecule has 0 N–H and O–H groups in total. The first-order valence-corrected chi connectivity index (χ1v) is 34.7. The molecule has 0 heterocycles. The second kappa shape index (κ2) is 12.7. The van der Waals surface area contributed by atoms with Crippen LogP contribution in [0.3, 0.4) is 0 Å². The summed E-state index contributed by atoms with van der Waals surface area (Å²) >= 11 is -5.06. The van der Waals surface area contributed by atoms with E-state index in [1.165, 1.54) is 88.3 Å². The summed E-state index contributed by atoms with van der Waals surface area (Å²) in [6.45, 7) is 9.46. The third-order valence-corrected chi connectivity index (χ3v) is 64.0. The Morgan fingerprint density at radius 3 is 1.67 bits per heavy atom. The molecule has 0 saturated heterocycles. The maximum atomic E-state index is 8.85. The van der Waals surface area contributed by atoms with Gasteiger partial charge in [-0.05, 0) is 0 Å². The molecule has 2 atom stereocenters. The van der Waals surface area contributed by atoms with Crippen molar-refractivity contribution in [3.63, 3.8) is 0 Å². The minimum atomic E-state index is -5.06. The predicted molar refractivity (Wildman–Crippen MR) is 228 cm³/mol. The van der Waals surface area contributed by atoms with Crippen molar-refractivity contribution in [1.82, 2.24) is 0 Å². The van der Waals surface area contributed by atoms with Gasteiger partial charge in [0, 0.05) is 0 Å². The summed E-state index contributed by atoms with van der Waals surface area (Å²) in [7, 11) is 17.7. The van der Waals surface area contributed by atoms with Crippen LogP contribution in [0, 0.1) is 6.92 Å². The van der Waals surface area contributed by atoms with Gasteiger partial charge in [0.05, 0.1) is 0 Å². The fraction of sp³-hybridized carbons (Fsp3) is 0.125. The fourth-order valence-electron chi connectivity index (χ4n) is 9.63. The van der Waals surface area contributed by atoms with Crippen LogP contribution in [0.1, 0.15) is 47.6 Å². The van der Waals surface area contributed by atoms with Crippen LogP contribution < -0.4 is 0 Å². The molecule has 2 unspecified atom stereocenters. The van der Waals surface area contributed by atoms with Gasteiger partial charge >= 0.3 is 319 Å². The summed E-state index contributed by atoms with van der Waals surface area (Å²) in [5.74, 6) is -1.76. The van der Waals surface area contributed by atoms with Crippen molar-refractivity contribution in [2.24, 2.45) is 0 Å².